The number of aliphatic hydroxyl groups is 1. The van der Waals surface area contributed by atoms with Crippen LogP contribution in [0, 0.1) is 0 Å². The van der Waals surface area contributed by atoms with Crippen LogP contribution in [0.5, 0.6) is 5.75 Å². The fourth-order valence-electron chi connectivity index (χ4n) is 2.08. The number of benzene rings is 1. The topological polar surface area (TPSA) is 75.8 Å². The Morgan fingerprint density at radius 2 is 2.39 bits per heavy atom. The van der Waals surface area contributed by atoms with Crippen molar-refractivity contribution in [1.29, 1.82) is 0 Å². The van der Waals surface area contributed by atoms with Gasteiger partial charge in [0.05, 0.1) is 18.4 Å². The van der Waals surface area contributed by atoms with Gasteiger partial charge in [-0.05, 0) is 31.5 Å². The number of ether oxygens (including phenoxy) is 1. The Morgan fingerprint density at radius 1 is 1.61 bits per heavy atom. The molecule has 98 valence electrons. The molecule has 1 unspecified atom stereocenters. The van der Waals surface area contributed by atoms with Crippen molar-refractivity contribution in [3.05, 3.63) is 23.8 Å². The molecule has 1 aromatic carbocycles. The molecule has 3 N–H and O–H groups in total. The molecule has 1 amide bonds. The van der Waals surface area contributed by atoms with Gasteiger partial charge in [-0.1, -0.05) is 0 Å². The summed E-state index contributed by atoms with van der Waals surface area (Å²) >= 11 is 0. The summed E-state index contributed by atoms with van der Waals surface area (Å²) in [6, 6.07) is 5.03. The molecule has 0 aliphatic carbocycles. The highest BCUT2D eigenvalue weighted by Gasteiger charge is 2.25. The lowest BCUT2D eigenvalue weighted by Crippen LogP contribution is -2.29. The van der Waals surface area contributed by atoms with Crippen LogP contribution in [0.25, 0.3) is 0 Å². The number of carbonyl (C=O) groups is 1. The average Bonchev–Trinajstić information content (AvgIpc) is 2.78. The van der Waals surface area contributed by atoms with Crippen LogP contribution in [-0.4, -0.2) is 41.7 Å². The van der Waals surface area contributed by atoms with Crippen molar-refractivity contribution in [1.82, 2.24) is 4.90 Å². The third kappa shape index (κ3) is 2.56. The summed E-state index contributed by atoms with van der Waals surface area (Å²) in [5.74, 6) is 0.497. The van der Waals surface area contributed by atoms with Gasteiger partial charge in [-0.15, -0.1) is 0 Å². The van der Waals surface area contributed by atoms with Gasteiger partial charge in [0.25, 0.3) is 5.91 Å². The van der Waals surface area contributed by atoms with E-state index in [2.05, 4.69) is 0 Å². The maximum atomic E-state index is 12.1. The zero-order valence-corrected chi connectivity index (χ0v) is 10.4. The highest BCUT2D eigenvalue weighted by atomic mass is 16.5. The molecule has 5 heteroatoms. The molecular formula is C13H18N2O3. The van der Waals surface area contributed by atoms with Crippen molar-refractivity contribution in [2.24, 2.45) is 0 Å². The molecule has 5 nitrogen and oxygen atoms in total. The number of hydrogen-bond donors (Lipinski definition) is 2. The Bertz CT molecular complexity index is 448. The molecule has 1 heterocycles. The van der Waals surface area contributed by atoms with Crippen LogP contribution in [0.2, 0.25) is 0 Å². The van der Waals surface area contributed by atoms with Gasteiger partial charge in [-0.2, -0.15) is 0 Å². The standard InChI is InChI=1S/C13H18N2O3/c1-2-18-12-4-3-9(7-11(12)14)13(17)15-6-5-10(16)8-15/h3-4,7,10,16H,2,5-6,8,14H2,1H3. The molecule has 1 saturated heterocycles. The molecular weight excluding hydrogens is 232 g/mol. The van der Waals surface area contributed by atoms with Crippen molar-refractivity contribution in [3.63, 3.8) is 0 Å². The number of anilines is 1. The van der Waals surface area contributed by atoms with Crippen LogP contribution in [0.4, 0.5) is 5.69 Å². The first-order valence-electron chi connectivity index (χ1n) is 6.11. The lowest BCUT2D eigenvalue weighted by molar-refractivity contribution is 0.0765. The summed E-state index contributed by atoms with van der Waals surface area (Å²) in [6.45, 7) is 3.40. The molecule has 1 aromatic rings. The van der Waals surface area contributed by atoms with Crippen molar-refractivity contribution in [3.8, 4) is 5.75 Å². The summed E-state index contributed by atoms with van der Waals surface area (Å²) in [6.07, 6.45) is 0.229. The fraction of sp³-hybridized carbons (Fsp3) is 0.462. The van der Waals surface area contributed by atoms with Crippen LogP contribution < -0.4 is 10.5 Å². The molecule has 18 heavy (non-hydrogen) atoms. The third-order valence-corrected chi connectivity index (χ3v) is 3.01. The van der Waals surface area contributed by atoms with Crippen LogP contribution in [0.15, 0.2) is 18.2 Å². The number of nitrogen functional groups attached to an aromatic ring is 1. The quantitative estimate of drug-likeness (QED) is 0.781. The molecule has 1 atom stereocenters. The number of carbonyl (C=O) groups excluding carboxylic acids is 1. The third-order valence-electron chi connectivity index (χ3n) is 3.01. The minimum absolute atomic E-state index is 0.0960. The van der Waals surface area contributed by atoms with Crippen LogP contribution in [-0.2, 0) is 0 Å². The van der Waals surface area contributed by atoms with E-state index in [9.17, 15) is 9.90 Å². The number of aliphatic hydroxyl groups excluding tert-OH is 1. The highest BCUT2D eigenvalue weighted by Crippen LogP contribution is 2.24. The minimum Gasteiger partial charge on any atom is -0.492 e. The summed E-state index contributed by atoms with van der Waals surface area (Å²) in [4.78, 5) is 13.8. The van der Waals surface area contributed by atoms with E-state index in [1.165, 1.54) is 0 Å². The molecule has 1 aliphatic heterocycles. The minimum atomic E-state index is -0.408. The van der Waals surface area contributed by atoms with Crippen LogP contribution in [0.3, 0.4) is 0 Å². The summed E-state index contributed by atoms with van der Waals surface area (Å²) in [5, 5.41) is 9.43. The maximum Gasteiger partial charge on any atom is 0.254 e. The number of likely N-dealkylation sites (tertiary alicyclic amines) is 1. The Kier molecular flexibility index (Phi) is 3.72. The first kappa shape index (κ1) is 12.7. The van der Waals surface area contributed by atoms with E-state index in [-0.39, 0.29) is 5.91 Å². The number of nitrogens with two attached hydrogens (primary N) is 1. The molecule has 2 rings (SSSR count). The molecule has 1 aliphatic rings. The number of rotatable bonds is 3. The fourth-order valence-corrected chi connectivity index (χ4v) is 2.08. The SMILES string of the molecule is CCOc1ccc(C(=O)N2CCC(O)C2)cc1N. The van der Waals surface area contributed by atoms with Gasteiger partial charge < -0.3 is 20.5 Å². The van der Waals surface area contributed by atoms with Gasteiger partial charge >= 0.3 is 0 Å². The first-order chi connectivity index (χ1) is 8.61. The van der Waals surface area contributed by atoms with Crippen molar-refractivity contribution in [2.75, 3.05) is 25.4 Å². The summed E-state index contributed by atoms with van der Waals surface area (Å²) in [5.41, 5.74) is 6.82. The van der Waals surface area contributed by atoms with Gasteiger partial charge in [0, 0.05) is 18.7 Å². The monoisotopic (exact) mass is 250 g/mol. The number of hydrogen-bond acceptors (Lipinski definition) is 4. The molecule has 0 spiro atoms. The van der Waals surface area contributed by atoms with Crippen molar-refractivity contribution in [2.45, 2.75) is 19.4 Å². The Hall–Kier alpha value is -1.75. The van der Waals surface area contributed by atoms with Gasteiger partial charge in [0.1, 0.15) is 5.75 Å². The van der Waals surface area contributed by atoms with Gasteiger partial charge in [-0.25, -0.2) is 0 Å². The van der Waals surface area contributed by atoms with E-state index >= 15 is 0 Å². The Labute approximate surface area is 106 Å². The zero-order chi connectivity index (χ0) is 13.1. The van der Waals surface area contributed by atoms with E-state index in [1.54, 1.807) is 23.1 Å². The number of amides is 1. The summed E-state index contributed by atoms with van der Waals surface area (Å²) < 4.78 is 5.32. The van der Waals surface area contributed by atoms with Gasteiger partial charge in [0.2, 0.25) is 0 Å². The van der Waals surface area contributed by atoms with Crippen molar-refractivity contribution < 1.29 is 14.6 Å². The average molecular weight is 250 g/mol. The van der Waals surface area contributed by atoms with E-state index in [0.29, 0.717) is 43.1 Å². The molecule has 0 bridgehead atoms. The van der Waals surface area contributed by atoms with Crippen molar-refractivity contribution >= 4 is 11.6 Å². The molecule has 0 saturated carbocycles. The molecule has 0 aromatic heterocycles. The van der Waals surface area contributed by atoms with E-state index < -0.39 is 6.10 Å². The zero-order valence-electron chi connectivity index (χ0n) is 10.4. The number of nitrogens with zero attached hydrogens (tertiary/aromatic N) is 1. The highest BCUT2D eigenvalue weighted by molar-refractivity contribution is 5.95. The van der Waals surface area contributed by atoms with Crippen LogP contribution >= 0.6 is 0 Å². The Balaban J connectivity index is 2.13. The normalized spacial score (nSPS) is 19.0. The lowest BCUT2D eigenvalue weighted by atomic mass is 10.1. The predicted molar refractivity (Wildman–Crippen MR) is 68.6 cm³/mol. The predicted octanol–water partition coefficient (Wildman–Crippen LogP) is 0.874. The van der Waals surface area contributed by atoms with E-state index in [1.807, 2.05) is 6.92 Å². The summed E-state index contributed by atoms with van der Waals surface area (Å²) in [7, 11) is 0. The second-order valence-electron chi connectivity index (χ2n) is 4.38. The van der Waals surface area contributed by atoms with Gasteiger partial charge in [0.15, 0.2) is 0 Å². The first-order valence-corrected chi connectivity index (χ1v) is 6.11. The van der Waals surface area contributed by atoms with E-state index in [0.717, 1.165) is 0 Å². The lowest BCUT2D eigenvalue weighted by Gasteiger charge is -2.16. The maximum absolute atomic E-state index is 12.1. The second-order valence-corrected chi connectivity index (χ2v) is 4.38. The van der Waals surface area contributed by atoms with E-state index in [4.69, 9.17) is 10.5 Å². The molecule has 0 radical (unpaired) electrons. The largest absolute Gasteiger partial charge is 0.492 e. The second kappa shape index (κ2) is 5.27. The van der Waals surface area contributed by atoms with Gasteiger partial charge in [-0.3, -0.25) is 4.79 Å². The Morgan fingerprint density at radius 3 is 2.94 bits per heavy atom. The molecule has 1 fully saturated rings. The van der Waals surface area contributed by atoms with Crippen LogP contribution in [0.1, 0.15) is 23.7 Å². The number of β-amino-alcohol motifs (C(OH)–C–C–N with tert-alkyl or cyclic N) is 1. The smallest absolute Gasteiger partial charge is 0.254 e.